The molecule has 2 aliphatic rings. The smallest absolute Gasteiger partial charge is 0.241 e. The fraction of sp³-hybridized carbons (Fsp3) is 0.163. The second-order valence-corrected chi connectivity index (χ2v) is 13.5. The van der Waals surface area contributed by atoms with Crippen LogP contribution in [-0.4, -0.2) is 19.6 Å². The summed E-state index contributed by atoms with van der Waals surface area (Å²) in [6, 6.07) is 47.4. The van der Waals surface area contributed by atoms with Crippen LogP contribution >= 0.6 is 0 Å². The van der Waals surface area contributed by atoms with Crippen LogP contribution in [0.3, 0.4) is 0 Å². The number of benzene rings is 6. The summed E-state index contributed by atoms with van der Waals surface area (Å²) < 4.78 is 0. The quantitative estimate of drug-likeness (QED) is 0.220. The van der Waals surface area contributed by atoms with Gasteiger partial charge in [0.05, 0.1) is 11.4 Å². The van der Waals surface area contributed by atoms with E-state index >= 15 is 0 Å². The Hall–Kier alpha value is -4.95. The van der Waals surface area contributed by atoms with Crippen LogP contribution in [-0.2, 0) is 0 Å². The molecule has 6 aromatic carbocycles. The molecule has 2 nitrogen and oxygen atoms in total. The van der Waals surface area contributed by atoms with Gasteiger partial charge in [-0.3, -0.25) is 0 Å². The maximum absolute atomic E-state index is 2.56. The molecule has 0 amide bonds. The zero-order valence-corrected chi connectivity index (χ0v) is 28.3. The molecule has 47 heavy (non-hydrogen) atoms. The Balaban J connectivity index is 1.42. The van der Waals surface area contributed by atoms with Crippen molar-refractivity contribution in [3.8, 4) is 0 Å². The topological polar surface area (TPSA) is 6.48 Å². The summed E-state index contributed by atoms with van der Waals surface area (Å²) in [5.74, 6) is 0. The first-order chi connectivity index (χ1) is 22.9. The van der Waals surface area contributed by atoms with Gasteiger partial charge in [-0.15, -0.1) is 0 Å². The predicted octanol–water partition coefficient (Wildman–Crippen LogP) is 6.21. The van der Waals surface area contributed by atoms with Gasteiger partial charge in [0.15, 0.2) is 0 Å². The van der Waals surface area contributed by atoms with Gasteiger partial charge >= 0.3 is 0 Å². The summed E-state index contributed by atoms with van der Waals surface area (Å²) in [6.07, 6.45) is 0.107. The molecule has 6 aromatic rings. The van der Waals surface area contributed by atoms with E-state index in [2.05, 4.69) is 179 Å². The van der Waals surface area contributed by atoms with Crippen LogP contribution in [0.5, 0.6) is 0 Å². The molecule has 0 saturated heterocycles. The number of anilines is 4. The maximum atomic E-state index is 2.56. The van der Waals surface area contributed by atoms with Gasteiger partial charge in [0.25, 0.3) is 0 Å². The molecule has 2 heterocycles. The molecule has 228 valence electrons. The van der Waals surface area contributed by atoms with Crippen molar-refractivity contribution in [2.75, 3.05) is 9.80 Å². The minimum absolute atomic E-state index is 0.107. The standard InChI is InChI=1S/C43H40B2N2/c1-28-16-14-17-29(2)41(28)44-35-22-10-11-23-36(35)45(42-30(3)18-15-19-31(42)4)43-32(5)38(27-26-37(43)44)47-33(6)46(34-20-8-7-9-21-34)39-24-12-13-25-40(39)47/h7-27,33H,1-6H3/t33-/m0/s1. The van der Waals surface area contributed by atoms with E-state index in [0.717, 1.165) is 0 Å². The lowest BCUT2D eigenvalue weighted by Crippen LogP contribution is -2.76. The van der Waals surface area contributed by atoms with Gasteiger partial charge in [0.1, 0.15) is 6.17 Å². The fourth-order valence-electron chi connectivity index (χ4n) is 8.83. The van der Waals surface area contributed by atoms with Crippen molar-refractivity contribution >= 4 is 69.0 Å². The van der Waals surface area contributed by atoms with Gasteiger partial charge in [-0.05, 0) is 77.4 Å². The Kier molecular flexibility index (Phi) is 7.13. The summed E-state index contributed by atoms with van der Waals surface area (Å²) >= 11 is 0. The van der Waals surface area contributed by atoms with Crippen molar-refractivity contribution in [2.24, 2.45) is 0 Å². The van der Waals surface area contributed by atoms with Crippen LogP contribution < -0.4 is 42.6 Å². The van der Waals surface area contributed by atoms with E-state index in [1.165, 1.54) is 83.3 Å². The molecule has 8 rings (SSSR count). The lowest BCUT2D eigenvalue weighted by atomic mass is 9.20. The average molecular weight is 606 g/mol. The SMILES string of the molecule is Cc1cccc(C)c1B1c2ccccc2B(c2c(C)cccc2C)c2c1ccc(N1c3ccccc3N(c3ccccc3)[C@@H]1C)c2C. The van der Waals surface area contributed by atoms with Crippen LogP contribution in [0.1, 0.15) is 34.7 Å². The molecule has 0 radical (unpaired) electrons. The van der Waals surface area contributed by atoms with Crippen LogP contribution in [0.15, 0.2) is 127 Å². The van der Waals surface area contributed by atoms with E-state index in [0.29, 0.717) is 0 Å². The third-order valence-corrected chi connectivity index (χ3v) is 10.8. The minimum atomic E-state index is 0.107. The van der Waals surface area contributed by atoms with Crippen molar-refractivity contribution < 1.29 is 0 Å². The molecule has 0 N–H and O–H groups in total. The number of hydrogen-bond donors (Lipinski definition) is 0. The number of hydrogen-bond acceptors (Lipinski definition) is 2. The van der Waals surface area contributed by atoms with Crippen molar-refractivity contribution in [3.63, 3.8) is 0 Å². The van der Waals surface area contributed by atoms with Crippen molar-refractivity contribution in [1.82, 2.24) is 0 Å². The number of para-hydroxylation sites is 3. The van der Waals surface area contributed by atoms with Crippen molar-refractivity contribution in [1.29, 1.82) is 0 Å². The summed E-state index contributed by atoms with van der Waals surface area (Å²) in [6.45, 7) is 14.2. The zero-order chi connectivity index (χ0) is 32.4. The van der Waals surface area contributed by atoms with Crippen LogP contribution in [0, 0.1) is 34.6 Å². The van der Waals surface area contributed by atoms with Crippen LogP contribution in [0.4, 0.5) is 22.7 Å². The Morgan fingerprint density at radius 2 is 0.894 bits per heavy atom. The molecule has 0 aromatic heterocycles. The summed E-state index contributed by atoms with van der Waals surface area (Å²) in [4.78, 5) is 5.04. The van der Waals surface area contributed by atoms with Crippen molar-refractivity contribution in [2.45, 2.75) is 47.7 Å². The largest absolute Gasteiger partial charge is 0.319 e. The first-order valence-corrected chi connectivity index (χ1v) is 16.9. The van der Waals surface area contributed by atoms with E-state index in [4.69, 9.17) is 0 Å². The monoisotopic (exact) mass is 606 g/mol. The molecule has 2 aliphatic heterocycles. The second kappa shape index (κ2) is 11.4. The van der Waals surface area contributed by atoms with Crippen LogP contribution in [0.25, 0.3) is 0 Å². The highest BCUT2D eigenvalue weighted by molar-refractivity contribution is 7.11. The van der Waals surface area contributed by atoms with Gasteiger partial charge in [-0.25, -0.2) is 0 Å². The van der Waals surface area contributed by atoms with Gasteiger partial charge < -0.3 is 9.80 Å². The Morgan fingerprint density at radius 1 is 0.404 bits per heavy atom. The summed E-state index contributed by atoms with van der Waals surface area (Å²) in [5.41, 5.74) is 20.3. The zero-order valence-electron chi connectivity index (χ0n) is 28.3. The lowest BCUT2D eigenvalue weighted by Gasteiger charge is -2.38. The highest BCUT2D eigenvalue weighted by atomic mass is 15.4. The predicted molar refractivity (Wildman–Crippen MR) is 205 cm³/mol. The fourth-order valence-corrected chi connectivity index (χ4v) is 8.83. The van der Waals surface area contributed by atoms with E-state index < -0.39 is 0 Å². The van der Waals surface area contributed by atoms with Gasteiger partial charge in [-0.2, -0.15) is 0 Å². The highest BCUT2D eigenvalue weighted by Crippen LogP contribution is 2.47. The van der Waals surface area contributed by atoms with Gasteiger partial charge in [-0.1, -0.05) is 152 Å². The maximum Gasteiger partial charge on any atom is 0.241 e. The van der Waals surface area contributed by atoms with Gasteiger partial charge in [0, 0.05) is 11.4 Å². The number of aryl methyl sites for hydroxylation is 4. The average Bonchev–Trinajstić information content (AvgIpc) is 3.37. The first-order valence-electron chi connectivity index (χ1n) is 16.9. The molecule has 0 saturated carbocycles. The molecular formula is C43H40B2N2. The molecule has 0 aliphatic carbocycles. The van der Waals surface area contributed by atoms with E-state index in [1.54, 1.807) is 0 Å². The Labute approximate surface area is 280 Å². The first kappa shape index (κ1) is 29.5. The molecule has 1 atom stereocenters. The highest BCUT2D eigenvalue weighted by Gasteiger charge is 2.43. The molecule has 0 unspecified atom stereocenters. The van der Waals surface area contributed by atoms with E-state index in [9.17, 15) is 0 Å². The van der Waals surface area contributed by atoms with Crippen molar-refractivity contribution in [3.05, 3.63) is 155 Å². The van der Waals surface area contributed by atoms with E-state index in [-0.39, 0.29) is 19.6 Å². The minimum Gasteiger partial charge on any atom is -0.319 e. The summed E-state index contributed by atoms with van der Waals surface area (Å²) in [7, 11) is 0. The van der Waals surface area contributed by atoms with Crippen LogP contribution in [0.2, 0.25) is 0 Å². The molecule has 0 fully saturated rings. The number of fused-ring (bicyclic) bond motifs is 3. The molecular weight excluding hydrogens is 566 g/mol. The molecule has 4 heteroatoms. The number of nitrogens with zero attached hydrogens (tertiary/aromatic N) is 2. The lowest BCUT2D eigenvalue weighted by molar-refractivity contribution is 0.760. The second-order valence-electron chi connectivity index (χ2n) is 13.5. The van der Waals surface area contributed by atoms with Gasteiger partial charge in [0.2, 0.25) is 13.4 Å². The third kappa shape index (κ3) is 4.49. The molecule has 0 spiro atoms. The summed E-state index contributed by atoms with van der Waals surface area (Å²) in [5, 5.41) is 0. The Bertz CT molecular complexity index is 2110. The normalized spacial score (nSPS) is 15.1. The Morgan fingerprint density at radius 3 is 1.49 bits per heavy atom. The van der Waals surface area contributed by atoms with E-state index in [1.807, 2.05) is 0 Å². The third-order valence-electron chi connectivity index (χ3n) is 10.8. The number of rotatable bonds is 4. The molecule has 0 bridgehead atoms.